The van der Waals surface area contributed by atoms with E-state index in [1.54, 1.807) is 6.20 Å². The lowest BCUT2D eigenvalue weighted by molar-refractivity contribution is 0.0937. The fourth-order valence-electron chi connectivity index (χ4n) is 2.45. The molecule has 2 aromatic rings. The van der Waals surface area contributed by atoms with Crippen molar-refractivity contribution in [2.45, 2.75) is 45.1 Å². The van der Waals surface area contributed by atoms with Gasteiger partial charge in [0.25, 0.3) is 5.91 Å². The van der Waals surface area contributed by atoms with Crippen molar-refractivity contribution < 1.29 is 4.79 Å². The third-order valence-corrected chi connectivity index (χ3v) is 5.27. The highest BCUT2D eigenvalue weighted by atomic mass is 79.9. The molecule has 1 atom stereocenters. The molecule has 0 aliphatic rings. The standard InChI is InChI=1S/C20H20BrN3OS/c1-2-6-17(24-19(25)18-14-23-20(21)26-18)8-5-3-4-7-15-9-11-16(13-22)12-10-15/h9-12,14,17H,2,5-8H2,1H3,(H,24,25). The van der Waals surface area contributed by atoms with Crippen LogP contribution in [0.15, 0.2) is 34.4 Å². The van der Waals surface area contributed by atoms with Crippen LogP contribution in [0.25, 0.3) is 0 Å². The number of thiazole rings is 1. The smallest absolute Gasteiger partial charge is 0.263 e. The SMILES string of the molecule is CCCC(CCC#CCc1ccc(C#N)cc1)NC(=O)c1cnc(Br)s1. The zero-order valence-corrected chi connectivity index (χ0v) is 17.0. The number of benzene rings is 1. The molecule has 0 radical (unpaired) electrons. The van der Waals surface area contributed by atoms with Crippen LogP contribution in [0.3, 0.4) is 0 Å². The van der Waals surface area contributed by atoms with Crippen molar-refractivity contribution in [1.29, 1.82) is 5.26 Å². The molecule has 26 heavy (non-hydrogen) atoms. The molecule has 1 unspecified atom stereocenters. The number of amides is 1. The number of hydrogen-bond acceptors (Lipinski definition) is 4. The Labute approximate surface area is 166 Å². The van der Waals surface area contributed by atoms with Gasteiger partial charge in [-0.1, -0.05) is 31.4 Å². The van der Waals surface area contributed by atoms with Crippen LogP contribution in [-0.2, 0) is 6.42 Å². The topological polar surface area (TPSA) is 65.8 Å². The molecule has 0 spiro atoms. The van der Waals surface area contributed by atoms with Gasteiger partial charge in [-0.25, -0.2) is 4.98 Å². The van der Waals surface area contributed by atoms with Crippen LogP contribution in [0.5, 0.6) is 0 Å². The number of nitrogens with one attached hydrogen (secondary N) is 1. The summed E-state index contributed by atoms with van der Waals surface area (Å²) in [6.07, 6.45) is 5.78. The minimum atomic E-state index is -0.0720. The van der Waals surface area contributed by atoms with Crippen molar-refractivity contribution in [3.8, 4) is 17.9 Å². The number of nitriles is 1. The summed E-state index contributed by atoms with van der Waals surface area (Å²) in [4.78, 5) is 16.9. The van der Waals surface area contributed by atoms with E-state index in [0.29, 0.717) is 20.8 Å². The van der Waals surface area contributed by atoms with E-state index in [0.717, 1.165) is 31.2 Å². The molecule has 0 saturated heterocycles. The maximum absolute atomic E-state index is 12.2. The van der Waals surface area contributed by atoms with Crippen LogP contribution >= 0.6 is 27.3 Å². The molecule has 0 aliphatic heterocycles. The van der Waals surface area contributed by atoms with Gasteiger partial charge in [0.1, 0.15) is 4.88 Å². The summed E-state index contributed by atoms with van der Waals surface area (Å²) in [6.45, 7) is 2.11. The van der Waals surface area contributed by atoms with Gasteiger partial charge in [-0.2, -0.15) is 5.26 Å². The Morgan fingerprint density at radius 1 is 1.31 bits per heavy atom. The molecular formula is C20H20BrN3OS. The Bertz CT molecular complexity index is 827. The number of aromatic nitrogens is 1. The number of halogens is 1. The van der Waals surface area contributed by atoms with Crippen LogP contribution in [0.4, 0.5) is 0 Å². The molecule has 1 aromatic carbocycles. The van der Waals surface area contributed by atoms with E-state index in [4.69, 9.17) is 5.26 Å². The number of rotatable bonds is 7. The quantitative estimate of drug-likeness (QED) is 0.648. The predicted molar refractivity (Wildman–Crippen MR) is 108 cm³/mol. The predicted octanol–water partition coefficient (Wildman–Crippen LogP) is 4.70. The van der Waals surface area contributed by atoms with Crippen LogP contribution in [-0.4, -0.2) is 16.9 Å². The molecule has 0 aliphatic carbocycles. The van der Waals surface area contributed by atoms with Crippen molar-refractivity contribution >= 4 is 33.2 Å². The lowest BCUT2D eigenvalue weighted by Gasteiger charge is -2.16. The van der Waals surface area contributed by atoms with E-state index >= 15 is 0 Å². The van der Waals surface area contributed by atoms with Gasteiger partial charge in [-0.3, -0.25) is 4.79 Å². The highest BCUT2D eigenvalue weighted by Gasteiger charge is 2.14. The van der Waals surface area contributed by atoms with Crippen LogP contribution in [0, 0.1) is 23.2 Å². The highest BCUT2D eigenvalue weighted by Crippen LogP contribution is 2.18. The highest BCUT2D eigenvalue weighted by molar-refractivity contribution is 9.11. The van der Waals surface area contributed by atoms with Crippen LogP contribution < -0.4 is 5.32 Å². The normalized spacial score (nSPS) is 11.1. The van der Waals surface area contributed by atoms with E-state index in [1.165, 1.54) is 11.3 Å². The molecule has 0 fully saturated rings. The average molecular weight is 430 g/mol. The number of hydrogen-bond donors (Lipinski definition) is 1. The Morgan fingerprint density at radius 2 is 2.08 bits per heavy atom. The van der Waals surface area contributed by atoms with Gasteiger partial charge in [0.2, 0.25) is 0 Å². The fraction of sp³-hybridized carbons (Fsp3) is 0.350. The monoisotopic (exact) mass is 429 g/mol. The Morgan fingerprint density at radius 3 is 2.69 bits per heavy atom. The van der Waals surface area contributed by atoms with Crippen molar-refractivity contribution in [2.75, 3.05) is 0 Å². The number of carbonyl (C=O) groups excluding carboxylic acids is 1. The molecule has 1 N–H and O–H groups in total. The van der Waals surface area contributed by atoms with Crippen LogP contribution in [0.1, 0.15) is 53.4 Å². The zero-order valence-electron chi connectivity index (χ0n) is 14.6. The second-order valence-corrected chi connectivity index (χ2v) is 8.12. The summed E-state index contributed by atoms with van der Waals surface area (Å²) in [5, 5.41) is 11.9. The third kappa shape index (κ3) is 6.63. The van der Waals surface area contributed by atoms with Gasteiger partial charge in [0.05, 0.1) is 17.8 Å². The first kappa shape index (κ1) is 20.2. The second kappa shape index (κ2) is 10.8. The van der Waals surface area contributed by atoms with E-state index < -0.39 is 0 Å². The fourth-order valence-corrected chi connectivity index (χ4v) is 3.62. The molecule has 6 heteroatoms. The lowest BCUT2D eigenvalue weighted by Crippen LogP contribution is -2.34. The van der Waals surface area contributed by atoms with E-state index in [-0.39, 0.29) is 11.9 Å². The summed E-state index contributed by atoms with van der Waals surface area (Å²) in [5.41, 5.74) is 1.76. The second-order valence-electron chi connectivity index (χ2n) is 5.81. The summed E-state index contributed by atoms with van der Waals surface area (Å²) >= 11 is 4.61. The largest absolute Gasteiger partial charge is 0.349 e. The zero-order chi connectivity index (χ0) is 18.8. The van der Waals surface area contributed by atoms with Crippen molar-refractivity contribution in [3.63, 3.8) is 0 Å². The molecule has 2 rings (SSSR count). The molecule has 134 valence electrons. The minimum Gasteiger partial charge on any atom is -0.349 e. The summed E-state index contributed by atoms with van der Waals surface area (Å²) in [7, 11) is 0. The molecular weight excluding hydrogens is 410 g/mol. The maximum Gasteiger partial charge on any atom is 0.263 e. The first-order valence-corrected chi connectivity index (χ1v) is 10.1. The number of nitrogens with zero attached hydrogens (tertiary/aromatic N) is 2. The first-order valence-electron chi connectivity index (χ1n) is 8.49. The average Bonchev–Trinajstić information content (AvgIpc) is 3.08. The maximum atomic E-state index is 12.2. The summed E-state index contributed by atoms with van der Waals surface area (Å²) in [5.74, 6) is 6.28. The molecule has 0 bridgehead atoms. The van der Waals surface area contributed by atoms with Gasteiger partial charge in [-0.15, -0.1) is 17.3 Å². The number of carbonyl (C=O) groups is 1. The minimum absolute atomic E-state index is 0.0720. The van der Waals surface area contributed by atoms with E-state index in [2.05, 4.69) is 51.1 Å². The van der Waals surface area contributed by atoms with Crippen molar-refractivity contribution in [3.05, 3.63) is 50.4 Å². The molecule has 1 aromatic heterocycles. The van der Waals surface area contributed by atoms with E-state index in [9.17, 15) is 4.79 Å². The van der Waals surface area contributed by atoms with Gasteiger partial charge in [0, 0.05) is 18.9 Å². The molecule has 4 nitrogen and oxygen atoms in total. The summed E-state index contributed by atoms with van der Waals surface area (Å²) in [6, 6.07) is 9.71. The molecule has 1 amide bonds. The van der Waals surface area contributed by atoms with E-state index in [1.807, 2.05) is 24.3 Å². The Kier molecular flexibility index (Phi) is 8.34. The van der Waals surface area contributed by atoms with Crippen LogP contribution in [0.2, 0.25) is 0 Å². The van der Waals surface area contributed by atoms with Crippen molar-refractivity contribution in [2.24, 2.45) is 0 Å². The third-order valence-electron chi connectivity index (χ3n) is 3.79. The lowest BCUT2D eigenvalue weighted by atomic mass is 10.1. The molecule has 1 heterocycles. The van der Waals surface area contributed by atoms with Crippen molar-refractivity contribution in [1.82, 2.24) is 10.3 Å². The first-order chi connectivity index (χ1) is 12.6. The molecule has 0 saturated carbocycles. The van der Waals surface area contributed by atoms with Gasteiger partial charge in [0.15, 0.2) is 3.92 Å². The summed E-state index contributed by atoms with van der Waals surface area (Å²) < 4.78 is 0.711. The Balaban J connectivity index is 1.80. The van der Waals surface area contributed by atoms with Gasteiger partial charge in [-0.05, 0) is 46.5 Å². The van der Waals surface area contributed by atoms with Gasteiger partial charge >= 0.3 is 0 Å². The van der Waals surface area contributed by atoms with Gasteiger partial charge < -0.3 is 5.32 Å². The Hall–Kier alpha value is -2.15.